The Balaban J connectivity index is 2.26. The highest BCUT2D eigenvalue weighted by Gasteiger charge is 2.37. The maximum absolute atomic E-state index is 12.4. The van der Waals surface area contributed by atoms with E-state index in [2.05, 4.69) is 10.1 Å². The smallest absolute Gasteiger partial charge is 0.308 e. The van der Waals surface area contributed by atoms with Gasteiger partial charge in [-0.3, -0.25) is 14.5 Å². The number of nitrogens with zero attached hydrogens (tertiary/aromatic N) is 1. The highest BCUT2D eigenvalue weighted by atomic mass is 32.1. The normalized spacial score (nSPS) is 18.1. The zero-order valence-corrected chi connectivity index (χ0v) is 12.4. The van der Waals surface area contributed by atoms with Crippen molar-refractivity contribution in [3.8, 4) is 0 Å². The summed E-state index contributed by atoms with van der Waals surface area (Å²) in [5.41, 5.74) is 2.82. The molecule has 106 valence electrons. The first kappa shape index (κ1) is 14.5. The Bertz CT molecular complexity index is 566. The van der Waals surface area contributed by atoms with Crippen molar-refractivity contribution in [2.45, 2.75) is 26.3 Å². The monoisotopic (exact) mass is 292 g/mol. The minimum atomic E-state index is -0.657. The lowest BCUT2D eigenvalue weighted by atomic mass is 10.1. The number of amides is 1. The quantitative estimate of drug-likeness (QED) is 0.675. The number of ether oxygens (including phenoxy) is 1. The van der Waals surface area contributed by atoms with Gasteiger partial charge in [0.1, 0.15) is 6.04 Å². The average molecular weight is 292 g/mol. The number of carbonyl (C=O) groups is 2. The van der Waals surface area contributed by atoms with Crippen LogP contribution in [0.3, 0.4) is 0 Å². The zero-order chi connectivity index (χ0) is 14.9. The molecule has 20 heavy (non-hydrogen) atoms. The maximum atomic E-state index is 12.4. The van der Waals surface area contributed by atoms with Crippen LogP contribution in [0.25, 0.3) is 0 Å². The lowest BCUT2D eigenvalue weighted by molar-refractivity contribution is -0.142. The first-order valence-electron chi connectivity index (χ1n) is 6.22. The van der Waals surface area contributed by atoms with Crippen molar-refractivity contribution in [2.24, 2.45) is 0 Å². The summed E-state index contributed by atoms with van der Waals surface area (Å²) in [6.45, 7) is 3.92. The van der Waals surface area contributed by atoms with Crippen LogP contribution in [0.4, 0.5) is 5.69 Å². The number of nitrogens with one attached hydrogen (secondary N) is 1. The maximum Gasteiger partial charge on any atom is 0.308 e. The van der Waals surface area contributed by atoms with E-state index in [1.165, 1.54) is 12.0 Å². The molecule has 0 spiro atoms. The number of aryl methyl sites for hydroxylation is 2. The second kappa shape index (κ2) is 5.58. The van der Waals surface area contributed by atoms with Gasteiger partial charge in [-0.1, -0.05) is 6.07 Å². The van der Waals surface area contributed by atoms with Crippen LogP contribution in [-0.4, -0.2) is 30.1 Å². The summed E-state index contributed by atoms with van der Waals surface area (Å²) in [7, 11) is 1.29. The van der Waals surface area contributed by atoms with Gasteiger partial charge in [0.25, 0.3) is 5.91 Å². The molecule has 2 rings (SSSR count). The summed E-state index contributed by atoms with van der Waals surface area (Å²) in [4.78, 5) is 25.1. The van der Waals surface area contributed by atoms with Crippen LogP contribution in [0.15, 0.2) is 18.2 Å². The fourth-order valence-corrected chi connectivity index (χ4v) is 2.58. The molecule has 1 atom stereocenters. The first-order valence-corrected chi connectivity index (χ1v) is 6.63. The molecule has 1 aliphatic rings. The van der Waals surface area contributed by atoms with Gasteiger partial charge in [-0.25, -0.2) is 0 Å². The van der Waals surface area contributed by atoms with Gasteiger partial charge in [0, 0.05) is 0 Å². The molecule has 1 amide bonds. The molecule has 1 heterocycles. The Kier molecular flexibility index (Phi) is 4.04. The predicted octanol–water partition coefficient (Wildman–Crippen LogP) is 1.46. The van der Waals surface area contributed by atoms with Crippen LogP contribution in [0.5, 0.6) is 0 Å². The van der Waals surface area contributed by atoms with Crippen molar-refractivity contribution in [3.05, 3.63) is 29.3 Å². The lowest BCUT2D eigenvalue weighted by Gasteiger charge is -2.16. The molecule has 5 nitrogen and oxygen atoms in total. The Labute approximate surface area is 122 Å². The van der Waals surface area contributed by atoms with E-state index >= 15 is 0 Å². The molecule has 0 aliphatic carbocycles. The second-order valence-electron chi connectivity index (χ2n) is 4.80. The fraction of sp³-hybridized carbons (Fsp3) is 0.357. The third kappa shape index (κ3) is 2.80. The summed E-state index contributed by atoms with van der Waals surface area (Å²) in [6.07, 6.45) is -0.0310. The van der Waals surface area contributed by atoms with E-state index in [0.717, 1.165) is 16.8 Å². The molecular formula is C14H16N2O3S. The Hall–Kier alpha value is -1.95. The molecular weight excluding hydrogens is 276 g/mol. The van der Waals surface area contributed by atoms with Crippen LogP contribution in [0.2, 0.25) is 0 Å². The van der Waals surface area contributed by atoms with Gasteiger partial charge in [-0.2, -0.15) is 0 Å². The molecule has 1 saturated heterocycles. The van der Waals surface area contributed by atoms with Crippen LogP contribution in [0, 0.1) is 13.8 Å². The second-order valence-corrected chi connectivity index (χ2v) is 5.19. The fourth-order valence-electron chi connectivity index (χ4n) is 2.24. The van der Waals surface area contributed by atoms with E-state index in [9.17, 15) is 9.59 Å². The van der Waals surface area contributed by atoms with Gasteiger partial charge >= 0.3 is 5.97 Å². The van der Waals surface area contributed by atoms with Crippen molar-refractivity contribution < 1.29 is 14.3 Å². The summed E-state index contributed by atoms with van der Waals surface area (Å²) < 4.78 is 4.58. The number of methoxy groups -OCH3 is 1. The number of rotatable bonds is 3. The molecule has 1 fully saturated rings. The number of anilines is 1. The van der Waals surface area contributed by atoms with Crippen LogP contribution in [-0.2, 0) is 14.3 Å². The number of hydrogen-bond acceptors (Lipinski definition) is 4. The van der Waals surface area contributed by atoms with E-state index in [-0.39, 0.29) is 12.3 Å². The summed E-state index contributed by atoms with van der Waals surface area (Å²) in [5, 5.41) is 3.18. The first-order chi connectivity index (χ1) is 9.42. The standard InChI is InChI=1S/C14H16N2O3S/c1-8-4-9(2)6-10(5-8)16-13(18)11(15-14(16)20)7-12(17)19-3/h4-6,11H,7H2,1-3H3,(H,15,20). The molecule has 1 unspecified atom stereocenters. The van der Waals surface area contributed by atoms with E-state index < -0.39 is 12.0 Å². The summed E-state index contributed by atoms with van der Waals surface area (Å²) >= 11 is 5.19. The Morgan fingerprint density at radius 2 is 1.95 bits per heavy atom. The van der Waals surface area contributed by atoms with E-state index in [0.29, 0.717) is 5.11 Å². The molecule has 0 radical (unpaired) electrons. The third-order valence-electron chi connectivity index (χ3n) is 3.08. The van der Waals surface area contributed by atoms with Gasteiger partial charge in [0.2, 0.25) is 0 Å². The lowest BCUT2D eigenvalue weighted by Crippen LogP contribution is -2.32. The van der Waals surface area contributed by atoms with E-state index in [4.69, 9.17) is 12.2 Å². The molecule has 0 aromatic heterocycles. The predicted molar refractivity (Wildman–Crippen MR) is 79.6 cm³/mol. The van der Waals surface area contributed by atoms with Crippen LogP contribution in [0.1, 0.15) is 17.5 Å². The largest absolute Gasteiger partial charge is 0.469 e. The minimum Gasteiger partial charge on any atom is -0.469 e. The molecule has 6 heteroatoms. The number of esters is 1. The highest BCUT2D eigenvalue weighted by Crippen LogP contribution is 2.23. The topological polar surface area (TPSA) is 58.6 Å². The number of benzene rings is 1. The Morgan fingerprint density at radius 1 is 1.35 bits per heavy atom. The van der Waals surface area contributed by atoms with Crippen molar-refractivity contribution in [1.82, 2.24) is 5.32 Å². The van der Waals surface area contributed by atoms with Crippen LogP contribution >= 0.6 is 12.2 Å². The number of thiocarbonyl (C=S) groups is 1. The average Bonchev–Trinajstić information content (AvgIpc) is 2.63. The number of carbonyl (C=O) groups excluding carboxylic acids is 2. The molecule has 1 aromatic carbocycles. The molecule has 1 aliphatic heterocycles. The molecule has 1 aromatic rings. The summed E-state index contributed by atoms with van der Waals surface area (Å²) in [6, 6.07) is 5.14. The summed E-state index contributed by atoms with van der Waals surface area (Å²) in [5.74, 6) is -0.675. The minimum absolute atomic E-state index is 0.0310. The Morgan fingerprint density at radius 3 is 2.50 bits per heavy atom. The van der Waals surface area contributed by atoms with Gasteiger partial charge in [0.05, 0.1) is 19.2 Å². The van der Waals surface area contributed by atoms with Crippen molar-refractivity contribution in [1.29, 1.82) is 0 Å². The van der Waals surface area contributed by atoms with Crippen molar-refractivity contribution in [2.75, 3.05) is 12.0 Å². The van der Waals surface area contributed by atoms with E-state index in [1.54, 1.807) is 0 Å². The van der Waals surface area contributed by atoms with Gasteiger partial charge < -0.3 is 10.1 Å². The zero-order valence-electron chi connectivity index (χ0n) is 11.6. The molecule has 0 saturated carbocycles. The van der Waals surface area contributed by atoms with E-state index in [1.807, 2.05) is 32.0 Å². The molecule has 1 N–H and O–H groups in total. The van der Waals surface area contributed by atoms with Crippen molar-refractivity contribution >= 4 is 34.9 Å². The van der Waals surface area contributed by atoms with Gasteiger partial charge in [0.15, 0.2) is 5.11 Å². The van der Waals surface area contributed by atoms with Gasteiger partial charge in [-0.15, -0.1) is 0 Å². The molecule has 0 bridgehead atoms. The highest BCUT2D eigenvalue weighted by molar-refractivity contribution is 7.80. The number of hydrogen-bond donors (Lipinski definition) is 1. The van der Waals surface area contributed by atoms with Crippen LogP contribution < -0.4 is 10.2 Å². The SMILES string of the molecule is COC(=O)CC1NC(=S)N(c2cc(C)cc(C)c2)C1=O. The van der Waals surface area contributed by atoms with Gasteiger partial charge in [-0.05, 0) is 49.3 Å². The van der Waals surface area contributed by atoms with Crippen molar-refractivity contribution in [3.63, 3.8) is 0 Å². The third-order valence-corrected chi connectivity index (χ3v) is 3.38.